The lowest BCUT2D eigenvalue weighted by Crippen LogP contribution is -2.40. The zero-order valence-electron chi connectivity index (χ0n) is 18.9. The van der Waals surface area contributed by atoms with Crippen molar-refractivity contribution in [2.75, 3.05) is 41.4 Å². The maximum Gasteiger partial charge on any atom is 0.243 e. The highest BCUT2D eigenvalue weighted by Crippen LogP contribution is 2.54. The highest BCUT2D eigenvalue weighted by molar-refractivity contribution is 6.13. The number of aromatic nitrogens is 2. The molecule has 2 aliphatic heterocycles. The molecular weight excluding hydrogens is 418 g/mol. The first-order chi connectivity index (χ1) is 16.2. The second-order valence-corrected chi connectivity index (χ2v) is 9.66. The number of ether oxygens (including phenoxy) is 1. The zero-order chi connectivity index (χ0) is 22.4. The predicted molar refractivity (Wildman–Crippen MR) is 126 cm³/mol. The van der Waals surface area contributed by atoms with Crippen LogP contribution in [0.25, 0.3) is 0 Å². The third-order valence-electron chi connectivity index (χ3n) is 7.49. The lowest BCUT2D eigenvalue weighted by molar-refractivity contribution is -0.123. The smallest absolute Gasteiger partial charge is 0.243 e. The maximum atomic E-state index is 14.1. The summed E-state index contributed by atoms with van der Waals surface area (Å²) in [6.07, 6.45) is 7.07. The van der Waals surface area contributed by atoms with E-state index in [0.717, 1.165) is 94.0 Å². The van der Waals surface area contributed by atoms with Gasteiger partial charge in [-0.2, -0.15) is 0 Å². The predicted octanol–water partition coefficient (Wildman–Crippen LogP) is 3.26. The van der Waals surface area contributed by atoms with E-state index < -0.39 is 5.41 Å². The first-order valence-corrected chi connectivity index (χ1v) is 12.3. The molecule has 2 aromatic rings. The molecule has 8 heteroatoms. The molecule has 3 fully saturated rings. The third-order valence-corrected chi connectivity index (χ3v) is 7.49. The van der Waals surface area contributed by atoms with Crippen molar-refractivity contribution in [3.05, 3.63) is 35.7 Å². The minimum atomic E-state index is -0.582. The second-order valence-electron chi connectivity index (χ2n) is 9.66. The van der Waals surface area contributed by atoms with Gasteiger partial charge in [0.2, 0.25) is 5.91 Å². The maximum absolute atomic E-state index is 14.1. The van der Waals surface area contributed by atoms with Gasteiger partial charge in [-0.3, -0.25) is 9.69 Å². The van der Waals surface area contributed by atoms with Crippen LogP contribution in [0.3, 0.4) is 0 Å². The molecule has 2 N–H and O–H groups in total. The minimum Gasteiger partial charge on any atom is -0.388 e. The Morgan fingerprint density at radius 2 is 1.73 bits per heavy atom. The molecule has 0 radical (unpaired) electrons. The van der Waals surface area contributed by atoms with E-state index in [2.05, 4.69) is 27.3 Å². The van der Waals surface area contributed by atoms with Gasteiger partial charge in [-0.25, -0.2) is 9.97 Å². The molecule has 33 heavy (non-hydrogen) atoms. The topological polar surface area (TPSA) is 90.8 Å². The average Bonchev–Trinajstić information content (AvgIpc) is 3.65. The van der Waals surface area contributed by atoms with Crippen LogP contribution in [0.15, 0.2) is 24.3 Å². The Bertz CT molecular complexity index is 1040. The van der Waals surface area contributed by atoms with Gasteiger partial charge in [0.25, 0.3) is 0 Å². The SMILES string of the molecule is O=C1N(c2ccc(N3CCOCC3)cc2)c2nc(CO)nc(NC3CC3)c2C12CCCCC2. The van der Waals surface area contributed by atoms with Crippen LogP contribution in [-0.4, -0.2) is 53.3 Å². The summed E-state index contributed by atoms with van der Waals surface area (Å²) in [5, 5.41) is 13.4. The van der Waals surface area contributed by atoms with Gasteiger partial charge in [0.05, 0.1) is 29.9 Å². The van der Waals surface area contributed by atoms with Crippen molar-refractivity contribution in [3.63, 3.8) is 0 Å². The minimum absolute atomic E-state index is 0.0968. The van der Waals surface area contributed by atoms with Crippen molar-refractivity contribution in [1.82, 2.24) is 9.97 Å². The molecule has 6 rings (SSSR count). The van der Waals surface area contributed by atoms with E-state index >= 15 is 0 Å². The number of hydrogen-bond acceptors (Lipinski definition) is 7. The van der Waals surface area contributed by atoms with Crippen LogP contribution in [0, 0.1) is 0 Å². The number of morpholine rings is 1. The molecule has 1 saturated heterocycles. The van der Waals surface area contributed by atoms with Gasteiger partial charge in [0, 0.05) is 24.8 Å². The Morgan fingerprint density at radius 3 is 2.39 bits per heavy atom. The molecule has 0 unspecified atom stereocenters. The van der Waals surface area contributed by atoms with Gasteiger partial charge < -0.3 is 20.1 Å². The van der Waals surface area contributed by atoms with Crippen molar-refractivity contribution in [2.24, 2.45) is 0 Å². The Balaban J connectivity index is 1.43. The van der Waals surface area contributed by atoms with E-state index in [9.17, 15) is 9.90 Å². The number of carbonyl (C=O) groups excluding carboxylic acids is 1. The average molecular weight is 450 g/mol. The van der Waals surface area contributed by atoms with Crippen LogP contribution >= 0.6 is 0 Å². The number of aliphatic hydroxyl groups is 1. The van der Waals surface area contributed by atoms with Crippen molar-refractivity contribution in [2.45, 2.75) is 63.0 Å². The summed E-state index contributed by atoms with van der Waals surface area (Å²) in [6, 6.07) is 8.59. The van der Waals surface area contributed by atoms with E-state index in [4.69, 9.17) is 9.72 Å². The van der Waals surface area contributed by atoms with E-state index in [-0.39, 0.29) is 12.5 Å². The van der Waals surface area contributed by atoms with E-state index in [1.807, 2.05) is 12.1 Å². The number of amides is 1. The Kier molecular flexibility index (Phi) is 5.22. The summed E-state index contributed by atoms with van der Waals surface area (Å²) in [5.74, 6) is 1.84. The fourth-order valence-electron chi connectivity index (χ4n) is 5.60. The third kappa shape index (κ3) is 3.56. The van der Waals surface area contributed by atoms with Crippen LogP contribution in [0.4, 0.5) is 23.0 Å². The number of anilines is 4. The molecule has 3 heterocycles. The molecule has 1 aromatic heterocycles. The van der Waals surface area contributed by atoms with Crippen LogP contribution in [0.5, 0.6) is 0 Å². The molecule has 1 aromatic carbocycles. The largest absolute Gasteiger partial charge is 0.388 e. The molecule has 2 aliphatic carbocycles. The first kappa shape index (κ1) is 20.9. The Labute approximate surface area is 194 Å². The highest BCUT2D eigenvalue weighted by Gasteiger charge is 2.54. The quantitative estimate of drug-likeness (QED) is 0.724. The van der Waals surface area contributed by atoms with Gasteiger partial charge in [-0.15, -0.1) is 0 Å². The molecule has 2 saturated carbocycles. The highest BCUT2D eigenvalue weighted by atomic mass is 16.5. The molecule has 1 spiro atoms. The van der Waals surface area contributed by atoms with Gasteiger partial charge >= 0.3 is 0 Å². The first-order valence-electron chi connectivity index (χ1n) is 12.3. The van der Waals surface area contributed by atoms with Crippen LogP contribution < -0.4 is 15.1 Å². The van der Waals surface area contributed by atoms with Gasteiger partial charge in [-0.05, 0) is 49.9 Å². The summed E-state index contributed by atoms with van der Waals surface area (Å²) >= 11 is 0. The number of carbonyl (C=O) groups is 1. The Hall–Kier alpha value is -2.71. The summed E-state index contributed by atoms with van der Waals surface area (Å²) in [5.41, 5.74) is 2.31. The van der Waals surface area contributed by atoms with Gasteiger partial charge in [0.1, 0.15) is 18.2 Å². The Morgan fingerprint density at radius 1 is 1.03 bits per heavy atom. The zero-order valence-corrected chi connectivity index (χ0v) is 18.9. The second kappa shape index (κ2) is 8.25. The lowest BCUT2D eigenvalue weighted by Gasteiger charge is -2.33. The molecule has 4 aliphatic rings. The summed E-state index contributed by atoms with van der Waals surface area (Å²) in [6.45, 7) is 2.96. The fourth-order valence-corrected chi connectivity index (χ4v) is 5.60. The monoisotopic (exact) mass is 449 g/mol. The fraction of sp³-hybridized carbons (Fsp3) is 0.560. The van der Waals surface area contributed by atoms with Crippen LogP contribution in [-0.2, 0) is 21.6 Å². The number of hydrogen-bond donors (Lipinski definition) is 2. The normalized spacial score (nSPS) is 22.0. The lowest BCUT2D eigenvalue weighted by atomic mass is 9.70. The molecule has 1 amide bonds. The molecule has 0 bridgehead atoms. The van der Waals surface area contributed by atoms with Crippen LogP contribution in [0.1, 0.15) is 56.3 Å². The summed E-state index contributed by atoms with van der Waals surface area (Å²) in [7, 11) is 0. The number of rotatable bonds is 5. The van der Waals surface area contributed by atoms with E-state index in [1.54, 1.807) is 4.90 Å². The van der Waals surface area contributed by atoms with E-state index in [1.165, 1.54) is 0 Å². The number of fused-ring (bicyclic) bond motifs is 2. The molecular formula is C25H31N5O3. The van der Waals surface area contributed by atoms with Gasteiger partial charge in [-0.1, -0.05) is 19.3 Å². The number of benzene rings is 1. The standard InChI is InChI=1S/C25H31N5O3/c31-16-20-27-22(26-17-4-5-17)21-23(28-20)30(24(32)25(21)10-2-1-3-11-25)19-8-6-18(7-9-19)29-12-14-33-15-13-29/h6-9,17,31H,1-5,10-16H2,(H,26,27,28). The number of nitrogens with zero attached hydrogens (tertiary/aromatic N) is 4. The van der Waals surface area contributed by atoms with Gasteiger partial charge in [0.15, 0.2) is 5.82 Å². The molecule has 0 atom stereocenters. The number of nitrogens with one attached hydrogen (secondary N) is 1. The molecule has 8 nitrogen and oxygen atoms in total. The van der Waals surface area contributed by atoms with Crippen molar-refractivity contribution < 1.29 is 14.6 Å². The van der Waals surface area contributed by atoms with E-state index in [0.29, 0.717) is 17.7 Å². The summed E-state index contributed by atoms with van der Waals surface area (Å²) in [4.78, 5) is 27.6. The van der Waals surface area contributed by atoms with Crippen molar-refractivity contribution in [3.8, 4) is 0 Å². The summed E-state index contributed by atoms with van der Waals surface area (Å²) < 4.78 is 5.47. The van der Waals surface area contributed by atoms with Crippen molar-refractivity contribution >= 4 is 28.9 Å². The number of aliphatic hydroxyl groups excluding tert-OH is 1. The van der Waals surface area contributed by atoms with Crippen molar-refractivity contribution in [1.29, 1.82) is 0 Å². The molecule has 174 valence electrons. The van der Waals surface area contributed by atoms with Crippen LogP contribution in [0.2, 0.25) is 0 Å².